The molecule has 0 unspecified atom stereocenters. The molecule has 5 heteroatoms. The minimum Gasteiger partial charge on any atom is -0.408 e. The number of nitrogens with one attached hydrogen (secondary N) is 2. The highest BCUT2D eigenvalue weighted by molar-refractivity contribution is 5.74. The SMILES string of the molecule is CC(=O)NCC(C)(C)c1ccc2[nH]c(=O)oc2c1. The van der Waals surface area contributed by atoms with Crippen molar-refractivity contribution in [3.8, 4) is 0 Å². The van der Waals surface area contributed by atoms with E-state index in [9.17, 15) is 9.59 Å². The van der Waals surface area contributed by atoms with Crippen LogP contribution in [0.3, 0.4) is 0 Å². The Kier molecular flexibility index (Phi) is 2.98. The van der Waals surface area contributed by atoms with Gasteiger partial charge in [0.2, 0.25) is 5.91 Å². The first-order valence-corrected chi connectivity index (χ1v) is 5.76. The van der Waals surface area contributed by atoms with Crippen LogP contribution in [0.2, 0.25) is 0 Å². The van der Waals surface area contributed by atoms with Crippen LogP contribution < -0.4 is 11.1 Å². The van der Waals surface area contributed by atoms with E-state index in [4.69, 9.17) is 4.42 Å². The van der Waals surface area contributed by atoms with Crippen LogP contribution in [0.15, 0.2) is 27.4 Å². The molecule has 0 saturated heterocycles. The molecule has 2 N–H and O–H groups in total. The third-order valence-electron chi connectivity index (χ3n) is 2.98. The summed E-state index contributed by atoms with van der Waals surface area (Å²) in [6, 6.07) is 5.57. The molecule has 0 radical (unpaired) electrons. The highest BCUT2D eigenvalue weighted by Gasteiger charge is 2.21. The predicted octanol–water partition coefficient (Wildman–Crippen LogP) is 1.53. The molecule has 1 aromatic carbocycles. The van der Waals surface area contributed by atoms with Gasteiger partial charge in [0.25, 0.3) is 0 Å². The molecule has 1 aromatic heterocycles. The monoisotopic (exact) mass is 248 g/mol. The highest BCUT2D eigenvalue weighted by atomic mass is 16.4. The predicted molar refractivity (Wildman–Crippen MR) is 68.5 cm³/mol. The lowest BCUT2D eigenvalue weighted by Crippen LogP contribution is -2.35. The van der Waals surface area contributed by atoms with E-state index in [1.807, 2.05) is 32.0 Å². The molecule has 0 atom stereocenters. The molecule has 18 heavy (non-hydrogen) atoms. The zero-order valence-electron chi connectivity index (χ0n) is 10.7. The van der Waals surface area contributed by atoms with Gasteiger partial charge in [0.15, 0.2) is 5.58 Å². The van der Waals surface area contributed by atoms with Crippen molar-refractivity contribution in [2.75, 3.05) is 6.54 Å². The molecule has 0 aliphatic rings. The number of benzene rings is 1. The molecule has 0 aliphatic heterocycles. The summed E-state index contributed by atoms with van der Waals surface area (Å²) in [7, 11) is 0. The maximum atomic E-state index is 11.1. The minimum absolute atomic E-state index is 0.0580. The van der Waals surface area contributed by atoms with Crippen LogP contribution in [-0.2, 0) is 10.2 Å². The molecule has 1 amide bonds. The van der Waals surface area contributed by atoms with E-state index in [2.05, 4.69) is 10.3 Å². The van der Waals surface area contributed by atoms with Crippen molar-refractivity contribution < 1.29 is 9.21 Å². The van der Waals surface area contributed by atoms with Gasteiger partial charge in [-0.3, -0.25) is 9.78 Å². The van der Waals surface area contributed by atoms with E-state index >= 15 is 0 Å². The zero-order chi connectivity index (χ0) is 13.3. The second-order valence-electron chi connectivity index (χ2n) is 5.02. The van der Waals surface area contributed by atoms with Gasteiger partial charge in [-0.2, -0.15) is 0 Å². The smallest absolute Gasteiger partial charge is 0.408 e. The molecule has 0 spiro atoms. The summed E-state index contributed by atoms with van der Waals surface area (Å²) in [6.07, 6.45) is 0. The second kappa shape index (κ2) is 4.33. The fraction of sp³-hybridized carbons (Fsp3) is 0.385. The summed E-state index contributed by atoms with van der Waals surface area (Å²) in [5.41, 5.74) is 1.99. The van der Waals surface area contributed by atoms with Crippen molar-refractivity contribution in [3.63, 3.8) is 0 Å². The van der Waals surface area contributed by atoms with Crippen LogP contribution in [-0.4, -0.2) is 17.4 Å². The first-order chi connectivity index (χ1) is 8.38. The van der Waals surface area contributed by atoms with Gasteiger partial charge in [-0.15, -0.1) is 0 Å². The van der Waals surface area contributed by atoms with Gasteiger partial charge < -0.3 is 9.73 Å². The molecule has 5 nitrogen and oxygen atoms in total. The maximum absolute atomic E-state index is 11.1. The minimum atomic E-state index is -0.457. The van der Waals surface area contributed by atoms with E-state index in [-0.39, 0.29) is 11.3 Å². The molecule has 2 aromatic rings. The summed E-state index contributed by atoms with van der Waals surface area (Å²) < 4.78 is 5.03. The lowest BCUT2D eigenvalue weighted by molar-refractivity contribution is -0.119. The standard InChI is InChI=1S/C13H16N2O3/c1-8(16)14-7-13(2,3)9-4-5-10-11(6-9)18-12(17)15-10/h4-6H,7H2,1-3H3,(H,14,16)(H,15,17). The zero-order valence-corrected chi connectivity index (χ0v) is 10.7. The van der Waals surface area contributed by atoms with Crippen LogP contribution in [0.4, 0.5) is 0 Å². The van der Waals surface area contributed by atoms with Gasteiger partial charge in [-0.05, 0) is 17.7 Å². The van der Waals surface area contributed by atoms with Crippen molar-refractivity contribution in [1.82, 2.24) is 10.3 Å². The van der Waals surface area contributed by atoms with E-state index in [0.717, 1.165) is 5.56 Å². The molecule has 96 valence electrons. The molecule has 0 bridgehead atoms. The van der Waals surface area contributed by atoms with Crippen LogP contribution in [0.5, 0.6) is 0 Å². The molecular formula is C13H16N2O3. The Labute approximate surface area is 104 Å². The number of H-pyrrole nitrogens is 1. The number of hydrogen-bond donors (Lipinski definition) is 2. The van der Waals surface area contributed by atoms with Crippen LogP contribution in [0.1, 0.15) is 26.3 Å². The van der Waals surface area contributed by atoms with Crippen LogP contribution in [0.25, 0.3) is 11.1 Å². The van der Waals surface area contributed by atoms with Gasteiger partial charge >= 0.3 is 5.76 Å². The third-order valence-corrected chi connectivity index (χ3v) is 2.98. The normalized spacial score (nSPS) is 11.7. The number of hydrogen-bond acceptors (Lipinski definition) is 3. The number of rotatable bonds is 3. The Bertz CT molecular complexity index is 637. The summed E-state index contributed by atoms with van der Waals surface area (Å²) in [6.45, 7) is 6.07. The van der Waals surface area contributed by atoms with Gasteiger partial charge in [0.1, 0.15) is 0 Å². The van der Waals surface area contributed by atoms with Crippen molar-refractivity contribution in [1.29, 1.82) is 0 Å². The Morgan fingerprint density at radius 1 is 1.44 bits per heavy atom. The molecule has 0 aliphatic carbocycles. The molecule has 0 saturated carbocycles. The van der Waals surface area contributed by atoms with Gasteiger partial charge in [-0.1, -0.05) is 19.9 Å². The quantitative estimate of drug-likeness (QED) is 0.865. The van der Waals surface area contributed by atoms with Crippen LogP contribution in [0, 0.1) is 0 Å². The number of aromatic nitrogens is 1. The van der Waals surface area contributed by atoms with E-state index < -0.39 is 5.76 Å². The molecule has 2 rings (SSSR count). The highest BCUT2D eigenvalue weighted by Crippen LogP contribution is 2.25. The molecule has 0 fully saturated rings. The summed E-state index contributed by atoms with van der Waals surface area (Å²) in [5, 5.41) is 2.80. The Balaban J connectivity index is 2.34. The first-order valence-electron chi connectivity index (χ1n) is 5.76. The van der Waals surface area contributed by atoms with E-state index in [1.165, 1.54) is 6.92 Å². The van der Waals surface area contributed by atoms with Crippen molar-refractivity contribution in [2.45, 2.75) is 26.2 Å². The molecular weight excluding hydrogens is 232 g/mol. The average Bonchev–Trinajstić information content (AvgIpc) is 2.65. The van der Waals surface area contributed by atoms with Crippen molar-refractivity contribution >= 4 is 17.0 Å². The number of carbonyl (C=O) groups excluding carboxylic acids is 1. The number of amides is 1. The van der Waals surface area contributed by atoms with E-state index in [0.29, 0.717) is 17.6 Å². The summed E-state index contributed by atoms with van der Waals surface area (Å²) >= 11 is 0. The topological polar surface area (TPSA) is 75.1 Å². The number of aromatic amines is 1. The fourth-order valence-corrected chi connectivity index (χ4v) is 1.81. The maximum Gasteiger partial charge on any atom is 0.417 e. The Hall–Kier alpha value is -2.04. The largest absolute Gasteiger partial charge is 0.417 e. The van der Waals surface area contributed by atoms with Gasteiger partial charge in [0, 0.05) is 18.9 Å². The summed E-state index contributed by atoms with van der Waals surface area (Å²) in [4.78, 5) is 24.6. The average molecular weight is 248 g/mol. The van der Waals surface area contributed by atoms with E-state index in [1.54, 1.807) is 0 Å². The summed E-state index contributed by atoms with van der Waals surface area (Å²) in [5.74, 6) is -0.515. The number of carbonyl (C=O) groups is 1. The number of fused-ring (bicyclic) bond motifs is 1. The van der Waals surface area contributed by atoms with Gasteiger partial charge in [-0.25, -0.2) is 4.79 Å². The first kappa shape index (κ1) is 12.4. The Morgan fingerprint density at radius 3 is 2.83 bits per heavy atom. The number of oxazole rings is 1. The van der Waals surface area contributed by atoms with Gasteiger partial charge in [0.05, 0.1) is 5.52 Å². The second-order valence-corrected chi connectivity index (χ2v) is 5.02. The van der Waals surface area contributed by atoms with Crippen molar-refractivity contribution in [3.05, 3.63) is 34.3 Å². The lowest BCUT2D eigenvalue weighted by Gasteiger charge is -2.25. The Morgan fingerprint density at radius 2 is 2.17 bits per heavy atom. The van der Waals surface area contributed by atoms with Crippen molar-refractivity contribution in [2.24, 2.45) is 0 Å². The third kappa shape index (κ3) is 2.45. The fourth-order valence-electron chi connectivity index (χ4n) is 1.81. The molecule has 1 heterocycles. The van der Waals surface area contributed by atoms with Crippen LogP contribution >= 0.6 is 0 Å². The lowest BCUT2D eigenvalue weighted by atomic mass is 9.84.